The number of aromatic nitrogens is 1. The highest BCUT2D eigenvalue weighted by molar-refractivity contribution is 7.93. The Morgan fingerprint density at radius 2 is 1.52 bits per heavy atom. The van der Waals surface area contributed by atoms with Crippen LogP contribution in [0.25, 0.3) is 0 Å². The lowest BCUT2D eigenvalue weighted by Crippen LogP contribution is -2.42. The second kappa shape index (κ2) is 12.3. The molecule has 2 amide bonds. The van der Waals surface area contributed by atoms with E-state index in [1.165, 1.54) is 64.6 Å². The summed E-state index contributed by atoms with van der Waals surface area (Å²) in [6, 6.07) is 4.87. The molecule has 0 spiro atoms. The van der Waals surface area contributed by atoms with E-state index in [9.17, 15) is 27.5 Å². The fourth-order valence-electron chi connectivity index (χ4n) is 3.63. The van der Waals surface area contributed by atoms with E-state index in [4.69, 9.17) is 9.47 Å². The number of carbonyl (C=O) groups is 2. The molecule has 0 fully saturated rings. The van der Waals surface area contributed by atoms with E-state index in [0.717, 1.165) is 17.4 Å². The molecule has 1 heterocycles. The lowest BCUT2D eigenvalue weighted by molar-refractivity contribution is 0.0573. The highest BCUT2D eigenvalue weighted by atomic mass is 32.2. The summed E-state index contributed by atoms with van der Waals surface area (Å²) in [6.07, 6.45) is -2.59. The summed E-state index contributed by atoms with van der Waals surface area (Å²) < 4.78 is 83.6. The number of aliphatic hydroxyl groups excluding tert-OH is 1. The molecule has 0 saturated carbocycles. The summed E-state index contributed by atoms with van der Waals surface area (Å²) in [5.41, 5.74) is -1.63. The Hall–Kier alpha value is -3.69. The van der Waals surface area contributed by atoms with Gasteiger partial charge in [-0.25, -0.2) is 36.2 Å². The maximum absolute atomic E-state index is 15.6. The molecule has 42 heavy (non-hydrogen) atoms. The Morgan fingerprint density at radius 3 is 2.02 bits per heavy atom. The SMILES string of the molecule is CC(C)(C)OC(=O)N(Cc1c(F)cccc1CO)c1cc(F)c(S(=O)(=O)N(C(=O)OC(C)(C)C)c2cscn2)c(F)c1. The fraction of sp³-hybridized carbons (Fsp3) is 0.370. The van der Waals surface area contributed by atoms with Gasteiger partial charge in [-0.3, -0.25) is 4.90 Å². The van der Waals surface area contributed by atoms with Crippen LogP contribution in [0.4, 0.5) is 34.3 Å². The number of anilines is 2. The normalized spacial score (nSPS) is 12.1. The first-order valence-corrected chi connectivity index (χ1v) is 14.8. The molecule has 0 unspecified atom stereocenters. The second-order valence-corrected chi connectivity index (χ2v) is 13.4. The number of halogens is 3. The van der Waals surface area contributed by atoms with E-state index in [2.05, 4.69) is 4.98 Å². The van der Waals surface area contributed by atoms with Gasteiger partial charge in [0.2, 0.25) is 0 Å². The number of nitrogens with zero attached hydrogens (tertiary/aromatic N) is 3. The molecule has 0 atom stereocenters. The van der Waals surface area contributed by atoms with Crippen LogP contribution in [0.1, 0.15) is 52.7 Å². The smallest absolute Gasteiger partial charge is 0.430 e. The molecule has 228 valence electrons. The zero-order valence-electron chi connectivity index (χ0n) is 23.6. The molecule has 0 aliphatic heterocycles. The van der Waals surface area contributed by atoms with E-state index in [-0.39, 0.29) is 15.4 Å². The van der Waals surface area contributed by atoms with Crippen LogP contribution in [0.5, 0.6) is 0 Å². The van der Waals surface area contributed by atoms with Crippen molar-refractivity contribution in [3.63, 3.8) is 0 Å². The topological polar surface area (TPSA) is 126 Å². The summed E-state index contributed by atoms with van der Waals surface area (Å²) in [5.74, 6) is -4.60. The van der Waals surface area contributed by atoms with Gasteiger partial charge >= 0.3 is 12.2 Å². The maximum atomic E-state index is 15.6. The highest BCUT2D eigenvalue weighted by Gasteiger charge is 2.40. The summed E-state index contributed by atoms with van der Waals surface area (Å²) in [6.45, 7) is 7.77. The fourth-order valence-corrected chi connectivity index (χ4v) is 5.59. The van der Waals surface area contributed by atoms with Gasteiger partial charge in [-0.05, 0) is 65.3 Å². The van der Waals surface area contributed by atoms with Crippen LogP contribution in [0, 0.1) is 17.5 Å². The standard InChI is InChI=1S/C27H30F3N3O7S2/c1-26(2,3)39-24(35)32(12-18-16(13-34)8-7-9-19(18)28)17-10-20(29)23(21(30)11-17)42(37,38)33(22-14-41-15-31-22)25(36)40-27(4,5)6/h7-11,14-15,34H,12-13H2,1-6H3. The monoisotopic (exact) mass is 629 g/mol. The lowest BCUT2D eigenvalue weighted by atomic mass is 10.1. The van der Waals surface area contributed by atoms with Crippen molar-refractivity contribution in [1.29, 1.82) is 0 Å². The van der Waals surface area contributed by atoms with Gasteiger partial charge in [0.1, 0.15) is 28.7 Å². The van der Waals surface area contributed by atoms with Crippen LogP contribution in [0.15, 0.2) is 46.1 Å². The van der Waals surface area contributed by atoms with Crippen molar-refractivity contribution in [3.05, 3.63) is 69.8 Å². The Balaban J connectivity index is 2.16. The summed E-state index contributed by atoms with van der Waals surface area (Å²) in [5, 5.41) is 10.8. The molecule has 1 N–H and O–H groups in total. The quantitative estimate of drug-likeness (QED) is 0.331. The molecule has 0 aliphatic rings. The molecule has 15 heteroatoms. The van der Waals surface area contributed by atoms with Crippen molar-refractivity contribution in [2.75, 3.05) is 9.21 Å². The van der Waals surface area contributed by atoms with E-state index in [1.54, 1.807) is 0 Å². The van der Waals surface area contributed by atoms with Gasteiger partial charge < -0.3 is 14.6 Å². The van der Waals surface area contributed by atoms with E-state index < -0.39 is 80.4 Å². The Labute approximate surface area is 245 Å². The van der Waals surface area contributed by atoms with Crippen LogP contribution in [-0.4, -0.2) is 41.9 Å². The molecule has 3 aromatic rings. The van der Waals surface area contributed by atoms with Gasteiger partial charge in [0.05, 0.1) is 24.3 Å². The number of sulfonamides is 1. The van der Waals surface area contributed by atoms with Crippen molar-refractivity contribution in [2.45, 2.75) is 70.8 Å². The van der Waals surface area contributed by atoms with Crippen LogP contribution in [0.3, 0.4) is 0 Å². The van der Waals surface area contributed by atoms with Crippen LogP contribution >= 0.6 is 11.3 Å². The predicted molar refractivity (Wildman–Crippen MR) is 149 cm³/mol. The Bertz CT molecular complexity index is 1550. The van der Waals surface area contributed by atoms with Crippen molar-refractivity contribution in [1.82, 2.24) is 4.98 Å². The number of hydrogen-bond acceptors (Lipinski definition) is 9. The predicted octanol–water partition coefficient (Wildman–Crippen LogP) is 6.12. The number of thiazole rings is 1. The van der Waals surface area contributed by atoms with Crippen molar-refractivity contribution in [2.24, 2.45) is 0 Å². The minimum atomic E-state index is -5.30. The number of aliphatic hydroxyl groups is 1. The zero-order chi connectivity index (χ0) is 31.6. The zero-order valence-corrected chi connectivity index (χ0v) is 25.3. The van der Waals surface area contributed by atoms with Gasteiger partial charge in [-0.1, -0.05) is 12.1 Å². The third-order valence-corrected chi connectivity index (χ3v) is 7.59. The Kier molecular flexibility index (Phi) is 9.59. The molecule has 3 rings (SSSR count). The third kappa shape index (κ3) is 7.57. The minimum Gasteiger partial charge on any atom is -0.443 e. The van der Waals surface area contributed by atoms with Crippen LogP contribution in [0.2, 0.25) is 0 Å². The third-order valence-electron chi connectivity index (χ3n) is 5.30. The minimum absolute atomic E-state index is 0.0361. The van der Waals surface area contributed by atoms with E-state index in [1.807, 2.05) is 0 Å². The molecule has 0 saturated heterocycles. The summed E-state index contributed by atoms with van der Waals surface area (Å²) in [7, 11) is -5.30. The van der Waals surface area contributed by atoms with Gasteiger partial charge in [-0.2, -0.15) is 0 Å². The van der Waals surface area contributed by atoms with Gasteiger partial charge in [0.25, 0.3) is 10.0 Å². The molecule has 0 radical (unpaired) electrons. The van der Waals surface area contributed by atoms with Crippen molar-refractivity contribution in [3.8, 4) is 0 Å². The molecule has 2 aromatic carbocycles. The van der Waals surface area contributed by atoms with Gasteiger partial charge in [0, 0.05) is 10.9 Å². The second-order valence-electron chi connectivity index (χ2n) is 10.9. The summed E-state index contributed by atoms with van der Waals surface area (Å²) >= 11 is 0.923. The van der Waals surface area contributed by atoms with Crippen molar-refractivity contribution >= 4 is 45.1 Å². The maximum Gasteiger partial charge on any atom is 0.430 e. The number of ether oxygens (including phenoxy) is 2. The lowest BCUT2D eigenvalue weighted by Gasteiger charge is -2.29. The highest BCUT2D eigenvalue weighted by Crippen LogP contribution is 2.33. The van der Waals surface area contributed by atoms with E-state index in [0.29, 0.717) is 17.0 Å². The van der Waals surface area contributed by atoms with Crippen molar-refractivity contribution < 1.29 is 45.8 Å². The van der Waals surface area contributed by atoms with Crippen LogP contribution in [-0.2, 0) is 32.6 Å². The van der Waals surface area contributed by atoms with Gasteiger partial charge in [-0.15, -0.1) is 15.6 Å². The molecular weight excluding hydrogens is 599 g/mol. The Morgan fingerprint density at radius 1 is 0.952 bits per heavy atom. The average molecular weight is 630 g/mol. The first-order valence-electron chi connectivity index (χ1n) is 12.4. The molecule has 10 nitrogen and oxygen atoms in total. The number of benzene rings is 2. The largest absolute Gasteiger partial charge is 0.443 e. The summed E-state index contributed by atoms with van der Waals surface area (Å²) in [4.78, 5) is 29.0. The number of amides is 2. The number of rotatable bonds is 7. The first-order chi connectivity index (χ1) is 19.4. The van der Waals surface area contributed by atoms with Gasteiger partial charge in [0.15, 0.2) is 10.7 Å². The number of hydrogen-bond donors (Lipinski definition) is 1. The molecule has 0 bridgehead atoms. The number of carbonyl (C=O) groups excluding carboxylic acids is 2. The molecular formula is C27H30F3N3O7S2. The first kappa shape index (κ1) is 32.8. The van der Waals surface area contributed by atoms with E-state index >= 15 is 8.78 Å². The molecule has 1 aromatic heterocycles. The molecule has 0 aliphatic carbocycles. The average Bonchev–Trinajstić information content (AvgIpc) is 3.33. The van der Waals surface area contributed by atoms with Crippen LogP contribution < -0.4 is 9.21 Å².